The summed E-state index contributed by atoms with van der Waals surface area (Å²) in [6.07, 6.45) is 2.05. The van der Waals surface area contributed by atoms with Crippen molar-refractivity contribution < 1.29 is 4.79 Å². The Hall–Kier alpha value is -0.810. The number of nitrogens with zero attached hydrogens (tertiary/aromatic N) is 2. The molecule has 0 aromatic carbocycles. The quantitative estimate of drug-likeness (QED) is 0.520. The maximum atomic E-state index is 11.5. The van der Waals surface area contributed by atoms with Gasteiger partial charge in [0.25, 0.3) is 0 Å². The molecule has 86 valence electrons. The van der Waals surface area contributed by atoms with Gasteiger partial charge in [0.1, 0.15) is 0 Å². The van der Waals surface area contributed by atoms with Gasteiger partial charge in [0.2, 0.25) is 0 Å². The minimum absolute atomic E-state index is 0.124. The SMILES string of the molecule is CCCN(CCC)C(=O)N(C)C.NN. The van der Waals surface area contributed by atoms with Gasteiger partial charge in [-0.2, -0.15) is 0 Å². The summed E-state index contributed by atoms with van der Waals surface area (Å²) in [5, 5.41) is 0. The van der Waals surface area contributed by atoms with Gasteiger partial charge in [-0.3, -0.25) is 11.7 Å². The molecule has 0 fully saturated rings. The lowest BCUT2D eigenvalue weighted by Crippen LogP contribution is -2.40. The first-order valence-electron chi connectivity index (χ1n) is 4.93. The first-order chi connectivity index (χ1) is 6.63. The summed E-state index contributed by atoms with van der Waals surface area (Å²) in [5.41, 5.74) is 0. The molecule has 0 bridgehead atoms. The number of hydrogen-bond donors (Lipinski definition) is 2. The Kier molecular flexibility index (Phi) is 11.5. The van der Waals surface area contributed by atoms with Crippen LogP contribution in [-0.2, 0) is 0 Å². The molecule has 0 saturated heterocycles. The number of carbonyl (C=O) groups excluding carboxylic acids is 1. The average molecular weight is 204 g/mol. The number of nitrogens with two attached hydrogens (primary N) is 2. The van der Waals surface area contributed by atoms with Crippen LogP contribution < -0.4 is 11.7 Å². The normalized spacial score (nSPS) is 8.71. The van der Waals surface area contributed by atoms with Crippen molar-refractivity contribution in [1.29, 1.82) is 0 Å². The standard InChI is InChI=1S/C9H20N2O.H4N2/c1-5-7-11(8-6-2)9(12)10(3)4;1-2/h5-8H2,1-4H3;1-2H2. The lowest BCUT2D eigenvalue weighted by molar-refractivity contribution is 0.171. The van der Waals surface area contributed by atoms with Crippen LogP contribution in [0.5, 0.6) is 0 Å². The molecule has 0 aromatic heterocycles. The van der Waals surface area contributed by atoms with Gasteiger partial charge in [0, 0.05) is 27.2 Å². The van der Waals surface area contributed by atoms with Crippen LogP contribution in [0, 0.1) is 0 Å². The van der Waals surface area contributed by atoms with Crippen LogP contribution in [0.25, 0.3) is 0 Å². The maximum Gasteiger partial charge on any atom is 0.319 e. The minimum atomic E-state index is 0.124. The van der Waals surface area contributed by atoms with Gasteiger partial charge in [0.05, 0.1) is 0 Å². The van der Waals surface area contributed by atoms with Gasteiger partial charge in [-0.25, -0.2) is 4.79 Å². The minimum Gasteiger partial charge on any atom is -0.331 e. The topological polar surface area (TPSA) is 75.6 Å². The van der Waals surface area contributed by atoms with Crippen molar-refractivity contribution in [3.8, 4) is 0 Å². The molecule has 5 heteroatoms. The van der Waals surface area contributed by atoms with Crippen LogP contribution in [0.2, 0.25) is 0 Å². The molecular weight excluding hydrogens is 180 g/mol. The lowest BCUT2D eigenvalue weighted by Gasteiger charge is -2.25. The Morgan fingerprint density at radius 3 is 1.64 bits per heavy atom. The Morgan fingerprint density at radius 1 is 1.07 bits per heavy atom. The Bertz CT molecular complexity index is 133. The van der Waals surface area contributed by atoms with E-state index < -0.39 is 0 Å². The van der Waals surface area contributed by atoms with Crippen LogP contribution >= 0.6 is 0 Å². The summed E-state index contributed by atoms with van der Waals surface area (Å²) in [4.78, 5) is 15.0. The van der Waals surface area contributed by atoms with E-state index in [1.165, 1.54) is 0 Å². The second kappa shape index (κ2) is 10.3. The monoisotopic (exact) mass is 204 g/mol. The van der Waals surface area contributed by atoms with Crippen molar-refractivity contribution in [2.24, 2.45) is 11.7 Å². The first-order valence-corrected chi connectivity index (χ1v) is 4.93. The van der Waals surface area contributed by atoms with Crippen LogP contribution in [0.4, 0.5) is 4.79 Å². The van der Waals surface area contributed by atoms with E-state index in [-0.39, 0.29) is 6.03 Å². The van der Waals surface area contributed by atoms with E-state index in [2.05, 4.69) is 25.5 Å². The highest BCUT2D eigenvalue weighted by molar-refractivity contribution is 5.73. The molecule has 2 amide bonds. The van der Waals surface area contributed by atoms with E-state index in [9.17, 15) is 4.79 Å². The zero-order valence-corrected chi connectivity index (χ0v) is 9.79. The fraction of sp³-hybridized carbons (Fsp3) is 0.889. The Morgan fingerprint density at radius 2 is 1.43 bits per heavy atom. The third-order valence-electron chi connectivity index (χ3n) is 1.64. The fourth-order valence-electron chi connectivity index (χ4n) is 1.13. The van der Waals surface area contributed by atoms with Crippen molar-refractivity contribution >= 4 is 6.03 Å². The molecule has 5 nitrogen and oxygen atoms in total. The van der Waals surface area contributed by atoms with Gasteiger partial charge < -0.3 is 9.80 Å². The zero-order valence-electron chi connectivity index (χ0n) is 9.79. The maximum absolute atomic E-state index is 11.5. The summed E-state index contributed by atoms with van der Waals surface area (Å²) >= 11 is 0. The molecule has 14 heavy (non-hydrogen) atoms. The van der Waals surface area contributed by atoms with E-state index in [1.807, 2.05) is 4.90 Å². The second-order valence-corrected chi connectivity index (χ2v) is 3.16. The predicted octanol–water partition coefficient (Wildman–Crippen LogP) is 0.609. The molecule has 0 aliphatic heterocycles. The van der Waals surface area contributed by atoms with Crippen LogP contribution in [0.3, 0.4) is 0 Å². The van der Waals surface area contributed by atoms with Crippen molar-refractivity contribution in [3.63, 3.8) is 0 Å². The van der Waals surface area contributed by atoms with Gasteiger partial charge in [0.15, 0.2) is 0 Å². The molecule has 0 aromatic rings. The third kappa shape index (κ3) is 6.68. The van der Waals surface area contributed by atoms with Crippen LogP contribution in [0.1, 0.15) is 26.7 Å². The number of hydrazine groups is 1. The van der Waals surface area contributed by atoms with E-state index >= 15 is 0 Å². The molecule has 4 N–H and O–H groups in total. The number of urea groups is 1. The van der Waals surface area contributed by atoms with E-state index in [0.29, 0.717) is 0 Å². The highest BCUT2D eigenvalue weighted by Crippen LogP contribution is 1.98. The Labute approximate surface area is 87.0 Å². The molecule has 0 unspecified atom stereocenters. The largest absolute Gasteiger partial charge is 0.331 e. The van der Waals surface area contributed by atoms with Crippen molar-refractivity contribution in [2.75, 3.05) is 27.2 Å². The van der Waals surface area contributed by atoms with Gasteiger partial charge >= 0.3 is 6.03 Å². The van der Waals surface area contributed by atoms with Gasteiger partial charge in [-0.15, -0.1) is 0 Å². The lowest BCUT2D eigenvalue weighted by atomic mass is 10.4. The number of hydrogen-bond acceptors (Lipinski definition) is 3. The number of rotatable bonds is 4. The summed E-state index contributed by atoms with van der Waals surface area (Å²) in [5.74, 6) is 8.00. The molecule has 0 saturated carbocycles. The molecule has 0 spiro atoms. The van der Waals surface area contributed by atoms with E-state index in [1.54, 1.807) is 19.0 Å². The van der Waals surface area contributed by atoms with E-state index in [0.717, 1.165) is 25.9 Å². The second-order valence-electron chi connectivity index (χ2n) is 3.16. The molecule has 0 atom stereocenters. The smallest absolute Gasteiger partial charge is 0.319 e. The molecule has 0 heterocycles. The van der Waals surface area contributed by atoms with Crippen molar-refractivity contribution in [2.45, 2.75) is 26.7 Å². The summed E-state index contributed by atoms with van der Waals surface area (Å²) in [6, 6.07) is 0.124. The predicted molar refractivity (Wildman–Crippen MR) is 59.6 cm³/mol. The summed E-state index contributed by atoms with van der Waals surface area (Å²) < 4.78 is 0. The molecule has 0 radical (unpaired) electrons. The van der Waals surface area contributed by atoms with E-state index in [4.69, 9.17) is 0 Å². The first kappa shape index (κ1) is 15.7. The fourth-order valence-corrected chi connectivity index (χ4v) is 1.13. The summed E-state index contributed by atoms with van der Waals surface area (Å²) in [6.45, 7) is 5.91. The van der Waals surface area contributed by atoms with Crippen LogP contribution in [0.15, 0.2) is 0 Å². The third-order valence-corrected chi connectivity index (χ3v) is 1.64. The van der Waals surface area contributed by atoms with Crippen molar-refractivity contribution in [3.05, 3.63) is 0 Å². The molecule has 0 aliphatic carbocycles. The summed E-state index contributed by atoms with van der Waals surface area (Å²) in [7, 11) is 3.58. The zero-order chi connectivity index (χ0) is 11.6. The number of amides is 2. The van der Waals surface area contributed by atoms with Gasteiger partial charge in [-0.1, -0.05) is 13.8 Å². The number of carbonyl (C=O) groups is 1. The highest BCUT2D eigenvalue weighted by Gasteiger charge is 2.12. The van der Waals surface area contributed by atoms with Crippen LogP contribution in [-0.4, -0.2) is 43.0 Å². The molecular formula is C9H24N4O. The van der Waals surface area contributed by atoms with Gasteiger partial charge in [-0.05, 0) is 12.8 Å². The average Bonchev–Trinajstić information content (AvgIpc) is 2.19. The highest BCUT2D eigenvalue weighted by atomic mass is 16.2. The van der Waals surface area contributed by atoms with Crippen molar-refractivity contribution in [1.82, 2.24) is 9.80 Å². The molecule has 0 aliphatic rings. The Balaban J connectivity index is 0. The molecule has 0 rings (SSSR count).